The molecule has 1 aromatic rings. The van der Waals surface area contributed by atoms with E-state index >= 15 is 0 Å². The van der Waals surface area contributed by atoms with Crippen molar-refractivity contribution in [3.63, 3.8) is 0 Å². The molecule has 1 atom stereocenters. The molecule has 0 bridgehead atoms. The van der Waals surface area contributed by atoms with Crippen LogP contribution in [0.5, 0.6) is 5.75 Å². The molecule has 1 fully saturated rings. The molecule has 5 heteroatoms. The van der Waals surface area contributed by atoms with Crippen LogP contribution in [0.2, 0.25) is 0 Å². The number of rotatable bonds is 1. The smallest absolute Gasteiger partial charge is 0.189 e. The van der Waals surface area contributed by atoms with Crippen LogP contribution in [0, 0.1) is 5.82 Å². The number of hydrogen-bond donors (Lipinski definition) is 1. The fourth-order valence-corrected chi connectivity index (χ4v) is 2.25. The minimum atomic E-state index is -0.260. The summed E-state index contributed by atoms with van der Waals surface area (Å²) in [7, 11) is 0. The summed E-state index contributed by atoms with van der Waals surface area (Å²) in [5.74, 6) is 0.438. The zero-order valence-electron chi connectivity index (χ0n) is 9.37. The van der Waals surface area contributed by atoms with E-state index in [1.807, 2.05) is 0 Å². The van der Waals surface area contributed by atoms with E-state index in [0.29, 0.717) is 31.1 Å². The summed E-state index contributed by atoms with van der Waals surface area (Å²) >= 11 is 0. The minimum absolute atomic E-state index is 0.224. The fraction of sp³-hybridized carbons (Fsp3) is 0.500. The van der Waals surface area contributed by atoms with Gasteiger partial charge in [-0.05, 0) is 12.1 Å². The monoisotopic (exact) mass is 239 g/mol. The maximum Gasteiger partial charge on any atom is 0.189 e. The maximum absolute atomic E-state index is 13.9. The van der Waals surface area contributed by atoms with E-state index in [4.69, 9.17) is 14.2 Å². The lowest BCUT2D eigenvalue weighted by Gasteiger charge is -2.28. The Morgan fingerprint density at radius 1 is 1.35 bits per heavy atom. The predicted octanol–water partition coefficient (Wildman–Crippen LogP) is 1.35. The highest BCUT2D eigenvalue weighted by atomic mass is 19.1. The number of ether oxygens (including phenoxy) is 3. The van der Waals surface area contributed by atoms with Gasteiger partial charge in [0.1, 0.15) is 11.6 Å². The molecule has 4 nitrogen and oxygen atoms in total. The molecule has 2 aliphatic heterocycles. The van der Waals surface area contributed by atoms with Crippen LogP contribution in [0.3, 0.4) is 0 Å². The van der Waals surface area contributed by atoms with E-state index in [2.05, 4.69) is 5.32 Å². The van der Waals surface area contributed by atoms with Gasteiger partial charge in [0.25, 0.3) is 0 Å². The molecule has 3 rings (SSSR count). The van der Waals surface area contributed by atoms with Crippen molar-refractivity contribution in [2.75, 3.05) is 26.5 Å². The Balaban J connectivity index is 2.01. The molecule has 0 amide bonds. The average molecular weight is 239 g/mol. The average Bonchev–Trinajstić information content (AvgIpc) is 2.39. The Hall–Kier alpha value is -1.17. The third-order valence-corrected chi connectivity index (χ3v) is 3.05. The summed E-state index contributed by atoms with van der Waals surface area (Å²) in [6.45, 7) is 2.62. The molecule has 2 aliphatic rings. The maximum atomic E-state index is 13.9. The first kappa shape index (κ1) is 11.0. The van der Waals surface area contributed by atoms with Crippen molar-refractivity contribution >= 4 is 0 Å². The summed E-state index contributed by atoms with van der Waals surface area (Å²) in [5.41, 5.74) is 1.33. The van der Waals surface area contributed by atoms with Crippen molar-refractivity contribution in [1.29, 1.82) is 0 Å². The first-order chi connectivity index (χ1) is 8.36. The Bertz CT molecular complexity index is 418. The van der Waals surface area contributed by atoms with Crippen LogP contribution >= 0.6 is 0 Å². The molecule has 2 heterocycles. The van der Waals surface area contributed by atoms with Gasteiger partial charge in [-0.15, -0.1) is 0 Å². The lowest BCUT2D eigenvalue weighted by molar-refractivity contribution is -0.0218. The van der Waals surface area contributed by atoms with Crippen molar-refractivity contribution < 1.29 is 18.6 Å². The molecule has 0 saturated carbocycles. The molecule has 0 aliphatic carbocycles. The summed E-state index contributed by atoms with van der Waals surface area (Å²) in [4.78, 5) is 0. The zero-order valence-corrected chi connectivity index (χ0v) is 9.37. The molecular weight excluding hydrogens is 225 g/mol. The first-order valence-electron chi connectivity index (χ1n) is 5.70. The highest BCUT2D eigenvalue weighted by Gasteiger charge is 2.26. The molecule has 17 heavy (non-hydrogen) atoms. The van der Waals surface area contributed by atoms with Gasteiger partial charge in [0.15, 0.2) is 6.79 Å². The minimum Gasteiger partial charge on any atom is -0.467 e. The Morgan fingerprint density at radius 3 is 3.12 bits per heavy atom. The molecule has 1 N–H and O–H groups in total. The van der Waals surface area contributed by atoms with Gasteiger partial charge in [-0.2, -0.15) is 0 Å². The number of fused-ring (bicyclic) bond motifs is 1. The highest BCUT2D eigenvalue weighted by Crippen LogP contribution is 2.34. The second kappa shape index (κ2) is 4.60. The molecule has 0 spiro atoms. The Labute approximate surface area is 98.7 Å². The van der Waals surface area contributed by atoms with Gasteiger partial charge in [-0.1, -0.05) is 0 Å². The van der Waals surface area contributed by atoms with Crippen LogP contribution in [0.4, 0.5) is 4.39 Å². The van der Waals surface area contributed by atoms with Crippen LogP contribution in [0.15, 0.2) is 12.1 Å². The van der Waals surface area contributed by atoms with Crippen molar-refractivity contribution in [1.82, 2.24) is 5.32 Å². The molecule has 0 aromatic heterocycles. The quantitative estimate of drug-likeness (QED) is 0.803. The standard InChI is InChI=1S/C12H14FNO3/c13-9-1-2-10-8(6-15-7-17-10)12(9)11-5-14-3-4-16-11/h1-2,11,14H,3-7H2. The lowest BCUT2D eigenvalue weighted by atomic mass is 9.99. The van der Waals surface area contributed by atoms with Crippen molar-refractivity contribution in [3.05, 3.63) is 29.1 Å². The lowest BCUT2D eigenvalue weighted by Crippen LogP contribution is -2.34. The van der Waals surface area contributed by atoms with Gasteiger partial charge in [-0.3, -0.25) is 0 Å². The van der Waals surface area contributed by atoms with E-state index in [0.717, 1.165) is 12.1 Å². The summed E-state index contributed by atoms with van der Waals surface area (Å²) in [6.07, 6.45) is -0.260. The van der Waals surface area contributed by atoms with E-state index in [1.165, 1.54) is 6.07 Å². The van der Waals surface area contributed by atoms with Crippen LogP contribution in [0.25, 0.3) is 0 Å². The Kier molecular flexibility index (Phi) is 2.96. The number of morpholine rings is 1. The molecule has 1 aromatic carbocycles. The first-order valence-corrected chi connectivity index (χ1v) is 5.70. The largest absolute Gasteiger partial charge is 0.467 e. The third kappa shape index (κ3) is 2.01. The number of hydrogen-bond acceptors (Lipinski definition) is 4. The molecule has 1 unspecified atom stereocenters. The summed E-state index contributed by atoms with van der Waals surface area (Å²) in [6, 6.07) is 3.07. The van der Waals surface area contributed by atoms with Crippen molar-refractivity contribution in [2.45, 2.75) is 12.7 Å². The van der Waals surface area contributed by atoms with Gasteiger partial charge < -0.3 is 19.5 Å². The number of benzene rings is 1. The normalized spacial score (nSPS) is 23.9. The van der Waals surface area contributed by atoms with Gasteiger partial charge in [0, 0.05) is 24.2 Å². The van der Waals surface area contributed by atoms with E-state index in [1.54, 1.807) is 6.07 Å². The second-order valence-corrected chi connectivity index (χ2v) is 4.11. The van der Waals surface area contributed by atoms with E-state index in [9.17, 15) is 4.39 Å². The summed E-state index contributed by atoms with van der Waals surface area (Å²) < 4.78 is 30.1. The fourth-order valence-electron chi connectivity index (χ4n) is 2.25. The zero-order chi connectivity index (χ0) is 11.7. The predicted molar refractivity (Wildman–Crippen MR) is 58.2 cm³/mol. The van der Waals surface area contributed by atoms with Gasteiger partial charge in [0.05, 0.1) is 19.3 Å². The van der Waals surface area contributed by atoms with Gasteiger partial charge >= 0.3 is 0 Å². The van der Waals surface area contributed by atoms with Crippen LogP contribution < -0.4 is 10.1 Å². The Morgan fingerprint density at radius 2 is 2.29 bits per heavy atom. The number of halogens is 1. The molecule has 1 saturated heterocycles. The van der Waals surface area contributed by atoms with Crippen LogP contribution in [0.1, 0.15) is 17.2 Å². The summed E-state index contributed by atoms with van der Waals surface area (Å²) in [5, 5.41) is 3.19. The molecule has 0 radical (unpaired) electrons. The van der Waals surface area contributed by atoms with Crippen molar-refractivity contribution in [2.24, 2.45) is 0 Å². The molecule has 92 valence electrons. The third-order valence-electron chi connectivity index (χ3n) is 3.05. The highest BCUT2D eigenvalue weighted by molar-refractivity contribution is 5.43. The molecular formula is C12H14FNO3. The second-order valence-electron chi connectivity index (χ2n) is 4.11. The van der Waals surface area contributed by atoms with E-state index < -0.39 is 0 Å². The van der Waals surface area contributed by atoms with Crippen LogP contribution in [-0.4, -0.2) is 26.5 Å². The van der Waals surface area contributed by atoms with E-state index in [-0.39, 0.29) is 18.7 Å². The van der Waals surface area contributed by atoms with Crippen LogP contribution in [-0.2, 0) is 16.1 Å². The number of nitrogens with one attached hydrogen (secondary N) is 1. The van der Waals surface area contributed by atoms with Gasteiger partial charge in [0.2, 0.25) is 0 Å². The van der Waals surface area contributed by atoms with Gasteiger partial charge in [-0.25, -0.2) is 4.39 Å². The van der Waals surface area contributed by atoms with Crippen molar-refractivity contribution in [3.8, 4) is 5.75 Å². The topological polar surface area (TPSA) is 39.7 Å². The SMILES string of the molecule is Fc1ccc2c(c1C1CNCCO1)COCO2.